The Labute approximate surface area is 166 Å². The topological polar surface area (TPSA) is 56.7 Å². The Morgan fingerprint density at radius 1 is 1.19 bits per heavy atom. The minimum Gasteiger partial charge on any atom is -0.352 e. The molecule has 2 N–H and O–H groups in total. The zero-order valence-electron chi connectivity index (χ0n) is 15.1. The van der Waals surface area contributed by atoms with Gasteiger partial charge in [-0.3, -0.25) is 9.79 Å². The average molecular weight is 433 g/mol. The molecular formula is C20H22BrFN4O. The summed E-state index contributed by atoms with van der Waals surface area (Å²) >= 11 is 3.25. The van der Waals surface area contributed by atoms with E-state index in [4.69, 9.17) is 0 Å². The smallest absolute Gasteiger partial charge is 0.227 e. The predicted molar refractivity (Wildman–Crippen MR) is 109 cm³/mol. The van der Waals surface area contributed by atoms with Gasteiger partial charge in [-0.1, -0.05) is 34.1 Å². The highest BCUT2D eigenvalue weighted by Gasteiger charge is 2.21. The van der Waals surface area contributed by atoms with Crippen molar-refractivity contribution in [2.75, 3.05) is 18.5 Å². The number of aliphatic imine (C=N–C) groups is 1. The van der Waals surface area contributed by atoms with Crippen LogP contribution in [0.5, 0.6) is 0 Å². The van der Waals surface area contributed by atoms with Crippen LogP contribution in [0.4, 0.5) is 10.1 Å². The molecule has 0 spiro atoms. The normalized spacial score (nSPS) is 14.6. The van der Waals surface area contributed by atoms with Gasteiger partial charge in [-0.2, -0.15) is 0 Å². The highest BCUT2D eigenvalue weighted by atomic mass is 79.9. The quantitative estimate of drug-likeness (QED) is 0.560. The van der Waals surface area contributed by atoms with Crippen LogP contribution in [0.15, 0.2) is 51.9 Å². The maximum Gasteiger partial charge on any atom is 0.227 e. The van der Waals surface area contributed by atoms with E-state index < -0.39 is 0 Å². The van der Waals surface area contributed by atoms with Gasteiger partial charge in [-0.15, -0.1) is 0 Å². The summed E-state index contributed by atoms with van der Waals surface area (Å²) in [4.78, 5) is 17.8. The lowest BCUT2D eigenvalue weighted by Crippen LogP contribution is -2.36. The van der Waals surface area contributed by atoms with E-state index in [0.29, 0.717) is 35.5 Å². The largest absolute Gasteiger partial charge is 0.352 e. The van der Waals surface area contributed by atoms with E-state index in [-0.39, 0.29) is 11.7 Å². The number of benzene rings is 2. The third kappa shape index (κ3) is 5.07. The summed E-state index contributed by atoms with van der Waals surface area (Å²) < 4.78 is 14.6. The van der Waals surface area contributed by atoms with Crippen molar-refractivity contribution in [3.05, 3.63) is 63.9 Å². The molecule has 1 aliphatic heterocycles. The molecule has 0 aliphatic carbocycles. The molecule has 2 aromatic carbocycles. The van der Waals surface area contributed by atoms with Crippen LogP contribution in [0, 0.1) is 5.82 Å². The fraction of sp³-hybridized carbons (Fsp3) is 0.300. The number of nitrogens with zero attached hydrogens (tertiary/aromatic N) is 2. The maximum absolute atomic E-state index is 13.9. The number of carbonyl (C=O) groups excluding carboxylic acids is 1. The molecule has 0 radical (unpaired) electrons. The number of hydrogen-bond donors (Lipinski definition) is 2. The van der Waals surface area contributed by atoms with Gasteiger partial charge < -0.3 is 15.5 Å². The van der Waals surface area contributed by atoms with Gasteiger partial charge in [0, 0.05) is 48.8 Å². The first kappa shape index (κ1) is 19.4. The zero-order chi connectivity index (χ0) is 19.2. The molecule has 1 aliphatic rings. The van der Waals surface area contributed by atoms with Gasteiger partial charge in [0.1, 0.15) is 5.82 Å². The Bertz CT molecular complexity index is 838. The van der Waals surface area contributed by atoms with Crippen LogP contribution in [-0.2, 0) is 17.9 Å². The van der Waals surface area contributed by atoms with Gasteiger partial charge in [0.15, 0.2) is 5.96 Å². The van der Waals surface area contributed by atoms with Crippen molar-refractivity contribution in [2.24, 2.45) is 4.99 Å². The highest BCUT2D eigenvalue weighted by molar-refractivity contribution is 9.10. The molecule has 7 heteroatoms. The van der Waals surface area contributed by atoms with Crippen LogP contribution < -0.4 is 15.5 Å². The van der Waals surface area contributed by atoms with E-state index in [0.717, 1.165) is 24.2 Å². The SMILES string of the molecule is CN=C(NCc1ccc(N2CCCC2=O)cc1)NCc1ccc(Br)cc1F. The van der Waals surface area contributed by atoms with E-state index in [1.54, 1.807) is 13.1 Å². The summed E-state index contributed by atoms with van der Waals surface area (Å²) in [5.74, 6) is 0.515. The van der Waals surface area contributed by atoms with Gasteiger partial charge in [0.2, 0.25) is 5.91 Å². The molecule has 2 aromatic rings. The van der Waals surface area contributed by atoms with Crippen LogP contribution in [0.25, 0.3) is 0 Å². The van der Waals surface area contributed by atoms with Crippen molar-refractivity contribution < 1.29 is 9.18 Å². The molecule has 1 fully saturated rings. The molecule has 27 heavy (non-hydrogen) atoms. The number of halogens is 2. The molecule has 0 atom stereocenters. The first-order valence-corrected chi connectivity index (χ1v) is 9.64. The van der Waals surface area contributed by atoms with Crippen molar-refractivity contribution in [1.29, 1.82) is 0 Å². The van der Waals surface area contributed by atoms with E-state index in [1.807, 2.05) is 35.2 Å². The monoisotopic (exact) mass is 432 g/mol. The number of anilines is 1. The lowest BCUT2D eigenvalue weighted by atomic mass is 10.2. The number of hydrogen-bond acceptors (Lipinski definition) is 2. The van der Waals surface area contributed by atoms with E-state index in [1.165, 1.54) is 6.07 Å². The van der Waals surface area contributed by atoms with Crippen LogP contribution in [0.1, 0.15) is 24.0 Å². The average Bonchev–Trinajstić information content (AvgIpc) is 3.09. The molecule has 1 heterocycles. The molecule has 5 nitrogen and oxygen atoms in total. The Morgan fingerprint density at radius 3 is 2.56 bits per heavy atom. The summed E-state index contributed by atoms with van der Waals surface area (Å²) in [7, 11) is 1.68. The number of amides is 1. The molecule has 3 rings (SSSR count). The second-order valence-electron chi connectivity index (χ2n) is 6.33. The van der Waals surface area contributed by atoms with E-state index >= 15 is 0 Å². The van der Waals surface area contributed by atoms with Crippen molar-refractivity contribution in [3.8, 4) is 0 Å². The van der Waals surface area contributed by atoms with E-state index in [2.05, 4.69) is 31.6 Å². The standard InChI is InChI=1S/C20H22BrFN4O/c1-23-20(25-13-15-6-7-16(21)11-18(15)22)24-12-14-4-8-17(9-5-14)26-10-2-3-19(26)27/h4-9,11H,2-3,10,12-13H2,1H3,(H2,23,24,25). The van der Waals surface area contributed by atoms with Crippen molar-refractivity contribution in [2.45, 2.75) is 25.9 Å². The fourth-order valence-corrected chi connectivity index (χ4v) is 3.30. The second-order valence-corrected chi connectivity index (χ2v) is 7.25. The Balaban J connectivity index is 1.52. The maximum atomic E-state index is 13.9. The lowest BCUT2D eigenvalue weighted by molar-refractivity contribution is -0.117. The highest BCUT2D eigenvalue weighted by Crippen LogP contribution is 2.21. The molecular weight excluding hydrogens is 411 g/mol. The second kappa shape index (κ2) is 8.99. The lowest BCUT2D eigenvalue weighted by Gasteiger charge is -2.16. The third-order valence-corrected chi connectivity index (χ3v) is 4.96. The summed E-state index contributed by atoms with van der Waals surface area (Å²) in [5, 5.41) is 6.32. The van der Waals surface area contributed by atoms with Gasteiger partial charge in [0.25, 0.3) is 0 Å². The van der Waals surface area contributed by atoms with Gasteiger partial charge in [0.05, 0.1) is 0 Å². The summed E-state index contributed by atoms with van der Waals surface area (Å²) in [6.07, 6.45) is 1.55. The summed E-state index contributed by atoms with van der Waals surface area (Å²) in [6, 6.07) is 12.9. The van der Waals surface area contributed by atoms with Crippen LogP contribution in [-0.4, -0.2) is 25.5 Å². The van der Waals surface area contributed by atoms with Gasteiger partial charge in [-0.05, 0) is 36.2 Å². The van der Waals surface area contributed by atoms with Crippen LogP contribution in [0.3, 0.4) is 0 Å². The van der Waals surface area contributed by atoms with Gasteiger partial charge >= 0.3 is 0 Å². The van der Waals surface area contributed by atoms with Crippen molar-refractivity contribution >= 4 is 33.5 Å². The fourth-order valence-electron chi connectivity index (χ4n) is 2.97. The predicted octanol–water partition coefficient (Wildman–Crippen LogP) is 3.58. The Kier molecular flexibility index (Phi) is 6.45. The summed E-state index contributed by atoms with van der Waals surface area (Å²) in [5.41, 5.74) is 2.58. The molecule has 1 saturated heterocycles. The minimum absolute atomic E-state index is 0.186. The van der Waals surface area contributed by atoms with Crippen LogP contribution >= 0.6 is 15.9 Å². The van der Waals surface area contributed by atoms with Crippen molar-refractivity contribution in [1.82, 2.24) is 10.6 Å². The van der Waals surface area contributed by atoms with E-state index in [9.17, 15) is 9.18 Å². The first-order chi connectivity index (χ1) is 13.1. The molecule has 0 unspecified atom stereocenters. The third-order valence-electron chi connectivity index (χ3n) is 4.47. The molecule has 142 valence electrons. The number of carbonyl (C=O) groups is 1. The number of nitrogens with one attached hydrogen (secondary N) is 2. The first-order valence-electron chi connectivity index (χ1n) is 8.84. The summed E-state index contributed by atoms with van der Waals surface area (Å²) in [6.45, 7) is 1.71. The number of rotatable bonds is 5. The Morgan fingerprint density at radius 2 is 1.93 bits per heavy atom. The molecule has 1 amide bonds. The zero-order valence-corrected chi connectivity index (χ0v) is 16.7. The number of guanidine groups is 1. The van der Waals surface area contributed by atoms with Crippen LogP contribution in [0.2, 0.25) is 0 Å². The van der Waals surface area contributed by atoms with Crippen molar-refractivity contribution in [3.63, 3.8) is 0 Å². The molecule has 0 aromatic heterocycles. The molecule has 0 saturated carbocycles. The molecule has 0 bridgehead atoms. The van der Waals surface area contributed by atoms with Gasteiger partial charge in [-0.25, -0.2) is 4.39 Å². The Hall–Kier alpha value is -2.41. The minimum atomic E-state index is -0.264.